The van der Waals surface area contributed by atoms with Crippen molar-refractivity contribution in [2.45, 2.75) is 50.7 Å². The maximum Gasteiger partial charge on any atom is 0.511 e. The van der Waals surface area contributed by atoms with Crippen molar-refractivity contribution in [3.8, 4) is 0 Å². The van der Waals surface area contributed by atoms with E-state index in [2.05, 4.69) is 25.7 Å². The number of fused-ring (bicyclic) bond motifs is 1. The van der Waals surface area contributed by atoms with Gasteiger partial charge in [0.1, 0.15) is 12.2 Å². The van der Waals surface area contributed by atoms with Gasteiger partial charge in [-0.2, -0.15) is 22.6 Å². The number of aryl methyl sites for hydroxylation is 1. The van der Waals surface area contributed by atoms with Crippen LogP contribution in [0.25, 0.3) is 0 Å². The number of halogens is 3. The van der Waals surface area contributed by atoms with Crippen LogP contribution in [0.15, 0.2) is 11.3 Å². The maximum absolute atomic E-state index is 12.7. The van der Waals surface area contributed by atoms with E-state index in [-0.39, 0.29) is 25.0 Å². The van der Waals surface area contributed by atoms with Gasteiger partial charge in [0.2, 0.25) is 0 Å². The Morgan fingerprint density at radius 2 is 2.03 bits per heavy atom. The van der Waals surface area contributed by atoms with E-state index in [1.807, 2.05) is 11.6 Å². The standard InChI is InChI=1S/C16H26F3N7O2S/c1-2-20-15(24-13-3-4-14-22-11-23-26(14)10-13)21-9-12-5-7-25(8-6-12)29(27,28)16(17,18)19/h11-13H,2-10H2,1H3,(H2,20,21,24). The van der Waals surface area contributed by atoms with Crippen LogP contribution in [0, 0.1) is 5.92 Å². The summed E-state index contributed by atoms with van der Waals surface area (Å²) in [6, 6.07) is 0.153. The van der Waals surface area contributed by atoms with E-state index in [1.54, 1.807) is 6.33 Å². The quantitative estimate of drug-likeness (QED) is 0.519. The van der Waals surface area contributed by atoms with Gasteiger partial charge in [-0.1, -0.05) is 0 Å². The van der Waals surface area contributed by atoms with Crippen LogP contribution < -0.4 is 10.6 Å². The fourth-order valence-corrected chi connectivity index (χ4v) is 4.55. The van der Waals surface area contributed by atoms with Crippen molar-refractivity contribution in [3.63, 3.8) is 0 Å². The first-order chi connectivity index (χ1) is 13.7. The number of piperidine rings is 1. The molecule has 13 heteroatoms. The number of aromatic nitrogens is 3. The average Bonchev–Trinajstić information content (AvgIpc) is 3.13. The number of hydrogen-bond acceptors (Lipinski definition) is 5. The summed E-state index contributed by atoms with van der Waals surface area (Å²) in [5, 5.41) is 10.7. The zero-order chi connectivity index (χ0) is 21.1. The van der Waals surface area contributed by atoms with Gasteiger partial charge in [-0.3, -0.25) is 4.99 Å². The molecule has 0 spiro atoms. The molecule has 0 bridgehead atoms. The highest BCUT2D eigenvalue weighted by Crippen LogP contribution is 2.30. The minimum Gasteiger partial charge on any atom is -0.357 e. The summed E-state index contributed by atoms with van der Waals surface area (Å²) in [7, 11) is -5.24. The van der Waals surface area contributed by atoms with Gasteiger partial charge in [0, 0.05) is 38.6 Å². The number of hydrogen-bond donors (Lipinski definition) is 2. The van der Waals surface area contributed by atoms with Gasteiger partial charge in [0.15, 0.2) is 5.96 Å². The molecule has 0 saturated carbocycles. The Labute approximate surface area is 167 Å². The highest BCUT2D eigenvalue weighted by molar-refractivity contribution is 7.90. The summed E-state index contributed by atoms with van der Waals surface area (Å²) in [6.45, 7) is 3.47. The Kier molecular flexibility index (Phi) is 6.66. The molecule has 0 amide bonds. The largest absolute Gasteiger partial charge is 0.511 e. The second-order valence-electron chi connectivity index (χ2n) is 7.25. The van der Waals surface area contributed by atoms with Crippen molar-refractivity contribution in [2.75, 3.05) is 26.2 Å². The van der Waals surface area contributed by atoms with Crippen LogP contribution in [0.3, 0.4) is 0 Å². The van der Waals surface area contributed by atoms with Crippen molar-refractivity contribution >= 4 is 16.0 Å². The van der Waals surface area contributed by atoms with Crippen LogP contribution in [0.1, 0.15) is 32.0 Å². The van der Waals surface area contributed by atoms with Crippen molar-refractivity contribution in [1.29, 1.82) is 0 Å². The number of sulfonamides is 1. The van der Waals surface area contributed by atoms with E-state index in [0.29, 0.717) is 42.7 Å². The Balaban J connectivity index is 1.52. The van der Waals surface area contributed by atoms with Crippen LogP contribution >= 0.6 is 0 Å². The lowest BCUT2D eigenvalue weighted by Crippen LogP contribution is -2.47. The van der Waals surface area contributed by atoms with E-state index >= 15 is 0 Å². The molecule has 2 N–H and O–H groups in total. The fraction of sp³-hybridized carbons (Fsp3) is 0.812. The zero-order valence-corrected chi connectivity index (χ0v) is 17.0. The molecule has 0 radical (unpaired) electrons. The summed E-state index contributed by atoms with van der Waals surface area (Å²) in [5.41, 5.74) is -5.25. The topological polar surface area (TPSA) is 105 Å². The van der Waals surface area contributed by atoms with Crippen LogP contribution in [0.4, 0.5) is 13.2 Å². The van der Waals surface area contributed by atoms with Crippen molar-refractivity contribution in [3.05, 3.63) is 12.2 Å². The average molecular weight is 437 g/mol. The number of nitrogens with one attached hydrogen (secondary N) is 2. The third kappa shape index (κ3) is 5.18. The van der Waals surface area contributed by atoms with Gasteiger partial charge in [0.05, 0.1) is 6.54 Å². The van der Waals surface area contributed by atoms with E-state index in [1.165, 1.54) is 0 Å². The third-order valence-corrected chi connectivity index (χ3v) is 6.83. The van der Waals surface area contributed by atoms with Gasteiger partial charge < -0.3 is 10.6 Å². The Morgan fingerprint density at radius 1 is 1.31 bits per heavy atom. The van der Waals surface area contributed by atoms with E-state index in [9.17, 15) is 21.6 Å². The summed E-state index contributed by atoms with van der Waals surface area (Å²) in [5.74, 6) is 1.65. The molecular formula is C16H26F3N7O2S. The van der Waals surface area contributed by atoms with E-state index < -0.39 is 15.5 Å². The third-order valence-electron chi connectivity index (χ3n) is 5.20. The molecular weight excluding hydrogens is 411 g/mol. The first-order valence-electron chi connectivity index (χ1n) is 9.68. The molecule has 1 fully saturated rings. The lowest BCUT2D eigenvalue weighted by molar-refractivity contribution is -0.0496. The summed E-state index contributed by atoms with van der Waals surface area (Å²) >= 11 is 0. The summed E-state index contributed by atoms with van der Waals surface area (Å²) in [4.78, 5) is 8.77. The Hall–Kier alpha value is -1.89. The molecule has 0 aliphatic carbocycles. The molecule has 3 heterocycles. The monoisotopic (exact) mass is 437 g/mol. The second kappa shape index (κ2) is 8.86. The number of guanidine groups is 1. The van der Waals surface area contributed by atoms with Gasteiger partial charge in [0.25, 0.3) is 0 Å². The predicted molar refractivity (Wildman–Crippen MR) is 101 cm³/mol. The summed E-state index contributed by atoms with van der Waals surface area (Å²) in [6.07, 6.45) is 3.97. The highest BCUT2D eigenvalue weighted by Gasteiger charge is 2.50. The summed E-state index contributed by atoms with van der Waals surface area (Å²) < 4.78 is 63.4. The molecule has 1 aromatic rings. The molecule has 1 unspecified atom stereocenters. The minimum atomic E-state index is -5.25. The molecule has 1 saturated heterocycles. The zero-order valence-electron chi connectivity index (χ0n) is 16.2. The normalized spacial score (nSPS) is 22.3. The van der Waals surface area contributed by atoms with E-state index in [0.717, 1.165) is 18.7 Å². The molecule has 29 heavy (non-hydrogen) atoms. The van der Waals surface area contributed by atoms with Crippen molar-refractivity contribution < 1.29 is 21.6 Å². The van der Waals surface area contributed by atoms with Crippen LogP contribution in [0.2, 0.25) is 0 Å². The molecule has 9 nitrogen and oxygen atoms in total. The Morgan fingerprint density at radius 3 is 2.69 bits per heavy atom. The minimum absolute atomic E-state index is 0.0402. The van der Waals surface area contributed by atoms with Crippen molar-refractivity contribution in [1.82, 2.24) is 29.7 Å². The smallest absolute Gasteiger partial charge is 0.357 e. The van der Waals surface area contributed by atoms with Gasteiger partial charge in [-0.05, 0) is 32.1 Å². The second-order valence-corrected chi connectivity index (χ2v) is 9.18. The molecule has 2 aliphatic heterocycles. The van der Waals surface area contributed by atoms with Gasteiger partial charge in [-0.15, -0.1) is 0 Å². The van der Waals surface area contributed by atoms with E-state index in [4.69, 9.17) is 0 Å². The first-order valence-corrected chi connectivity index (χ1v) is 11.1. The first kappa shape index (κ1) is 21.8. The predicted octanol–water partition coefficient (Wildman–Crippen LogP) is 0.710. The SMILES string of the molecule is CCNC(=NCC1CCN(S(=O)(=O)C(F)(F)F)CC1)NC1CCc2ncnn2C1. The highest BCUT2D eigenvalue weighted by atomic mass is 32.2. The number of rotatable bonds is 5. The number of alkyl halides is 3. The Bertz CT molecular complexity index is 817. The molecule has 164 valence electrons. The lowest BCUT2D eigenvalue weighted by atomic mass is 9.98. The van der Waals surface area contributed by atoms with Gasteiger partial charge in [-0.25, -0.2) is 18.1 Å². The molecule has 1 aromatic heterocycles. The maximum atomic E-state index is 12.7. The molecule has 2 aliphatic rings. The molecule has 3 rings (SSSR count). The van der Waals surface area contributed by atoms with Crippen LogP contribution in [-0.4, -0.2) is 71.2 Å². The van der Waals surface area contributed by atoms with Gasteiger partial charge >= 0.3 is 15.5 Å². The van der Waals surface area contributed by atoms with Crippen molar-refractivity contribution in [2.24, 2.45) is 10.9 Å². The number of nitrogens with zero attached hydrogens (tertiary/aromatic N) is 5. The van der Waals surface area contributed by atoms with Crippen LogP contribution in [-0.2, 0) is 23.0 Å². The lowest BCUT2D eigenvalue weighted by Gasteiger charge is -2.31. The fourth-order valence-electron chi connectivity index (χ4n) is 3.57. The molecule has 0 aromatic carbocycles. The van der Waals surface area contributed by atoms with Crippen LogP contribution in [0.5, 0.6) is 0 Å². The molecule has 1 atom stereocenters. The number of aliphatic imine (C=N–C) groups is 1.